The number of hydrogen-bond acceptors (Lipinski definition) is 3. The van der Waals surface area contributed by atoms with Crippen LogP contribution >= 0.6 is 0 Å². The van der Waals surface area contributed by atoms with Crippen molar-refractivity contribution < 1.29 is 14.0 Å². The third kappa shape index (κ3) is 3.79. The van der Waals surface area contributed by atoms with Gasteiger partial charge in [0.2, 0.25) is 5.91 Å². The highest BCUT2D eigenvalue weighted by Gasteiger charge is 2.52. The van der Waals surface area contributed by atoms with E-state index < -0.39 is 11.4 Å². The van der Waals surface area contributed by atoms with E-state index in [1.165, 1.54) is 12.1 Å². The Balaban J connectivity index is 1.54. The molecule has 0 atom stereocenters. The average molecular weight is 457 g/mol. The Bertz CT molecular complexity index is 1320. The van der Waals surface area contributed by atoms with Crippen LogP contribution in [0.1, 0.15) is 41.6 Å². The largest absolute Gasteiger partial charge is 0.359 e. The van der Waals surface area contributed by atoms with Gasteiger partial charge in [0.1, 0.15) is 5.82 Å². The molecule has 2 aliphatic rings. The van der Waals surface area contributed by atoms with Crippen LogP contribution in [0, 0.1) is 18.3 Å². The molecule has 34 heavy (non-hydrogen) atoms. The van der Waals surface area contributed by atoms with Gasteiger partial charge >= 0.3 is 0 Å². The molecule has 1 aliphatic heterocycles. The van der Waals surface area contributed by atoms with Crippen LogP contribution in [0.2, 0.25) is 0 Å². The molecule has 0 bridgehead atoms. The maximum absolute atomic E-state index is 14.3. The maximum atomic E-state index is 14.3. The van der Waals surface area contributed by atoms with E-state index in [2.05, 4.69) is 15.1 Å². The van der Waals surface area contributed by atoms with E-state index in [0.29, 0.717) is 48.0 Å². The molecule has 2 aromatic carbocycles. The van der Waals surface area contributed by atoms with Crippen LogP contribution in [-0.2, 0) is 10.3 Å². The molecular weight excluding hydrogens is 431 g/mol. The number of likely N-dealkylation sites (tertiary alicyclic amines) is 1. The zero-order valence-electron chi connectivity index (χ0n) is 19.0. The quantitative estimate of drug-likeness (QED) is 0.586. The maximum Gasteiger partial charge on any atom is 0.258 e. The zero-order valence-corrected chi connectivity index (χ0v) is 19.0. The Morgan fingerprint density at radius 1 is 1.15 bits per heavy atom. The number of carbonyl (C=O) groups excluding carboxylic acids is 2. The summed E-state index contributed by atoms with van der Waals surface area (Å²) in [4.78, 5) is 35.6. The Hall–Kier alpha value is -3.79. The molecule has 2 fully saturated rings. The first kappa shape index (κ1) is 22.0. The second-order valence-electron chi connectivity index (χ2n) is 9.11. The number of benzene rings is 2. The summed E-state index contributed by atoms with van der Waals surface area (Å²) in [6.07, 6.45) is 4.48. The molecule has 1 aromatic heterocycles. The SMILES string of the molecule is [C-]#[N+]C1(c2ccc(-c3c(C(=O)N4CCC(C(=O)NC)CC4)cnc4ccc(F)cc34)cc2)CC1. The van der Waals surface area contributed by atoms with Crippen molar-refractivity contribution in [3.05, 3.63) is 77.0 Å². The number of halogens is 1. The predicted molar refractivity (Wildman–Crippen MR) is 127 cm³/mol. The fourth-order valence-electron chi connectivity index (χ4n) is 4.89. The van der Waals surface area contributed by atoms with E-state index in [1.54, 1.807) is 24.2 Å². The van der Waals surface area contributed by atoms with Crippen molar-refractivity contribution in [3.8, 4) is 11.1 Å². The van der Waals surface area contributed by atoms with Gasteiger partial charge in [0.25, 0.3) is 11.4 Å². The second-order valence-corrected chi connectivity index (χ2v) is 9.11. The van der Waals surface area contributed by atoms with Crippen LogP contribution in [0.3, 0.4) is 0 Å². The fourth-order valence-corrected chi connectivity index (χ4v) is 4.89. The summed E-state index contributed by atoms with van der Waals surface area (Å²) in [5, 5.41) is 3.26. The highest BCUT2D eigenvalue weighted by atomic mass is 19.1. The minimum absolute atomic E-state index is 0.00331. The average Bonchev–Trinajstić information content (AvgIpc) is 3.69. The van der Waals surface area contributed by atoms with Crippen LogP contribution in [0.4, 0.5) is 4.39 Å². The highest BCUT2D eigenvalue weighted by Crippen LogP contribution is 2.50. The van der Waals surface area contributed by atoms with Gasteiger partial charge in [-0.15, -0.1) is 0 Å². The van der Waals surface area contributed by atoms with Crippen LogP contribution in [-0.4, -0.2) is 41.8 Å². The van der Waals surface area contributed by atoms with E-state index >= 15 is 0 Å². The molecular formula is C27H25FN4O2. The minimum Gasteiger partial charge on any atom is -0.359 e. The topological polar surface area (TPSA) is 66.7 Å². The number of piperidine rings is 1. The van der Waals surface area contributed by atoms with E-state index in [-0.39, 0.29) is 17.7 Å². The van der Waals surface area contributed by atoms with Crippen LogP contribution in [0.5, 0.6) is 0 Å². The van der Waals surface area contributed by atoms with E-state index in [1.807, 2.05) is 24.3 Å². The fraction of sp³-hybridized carbons (Fsp3) is 0.333. The van der Waals surface area contributed by atoms with Crippen LogP contribution in [0.25, 0.3) is 26.9 Å². The summed E-state index contributed by atoms with van der Waals surface area (Å²) >= 11 is 0. The lowest BCUT2D eigenvalue weighted by molar-refractivity contribution is -0.125. The standard InChI is InChI=1S/C27H25FN4O2/c1-29-25(33)18-9-13-32(14-10-18)26(34)22-16-31-23-8-7-20(28)15-21(23)24(22)17-3-5-19(6-4-17)27(30-2)11-12-27/h3-8,15-16,18H,9-14H2,1H3,(H,29,33). The molecule has 2 heterocycles. The van der Waals surface area contributed by atoms with Gasteiger partial charge in [0.05, 0.1) is 11.1 Å². The number of rotatable bonds is 4. The normalized spacial score (nSPS) is 17.3. The lowest BCUT2D eigenvalue weighted by Gasteiger charge is -2.31. The van der Waals surface area contributed by atoms with Crippen molar-refractivity contribution >= 4 is 22.7 Å². The Kier molecular flexibility index (Phi) is 5.52. The first-order valence-electron chi connectivity index (χ1n) is 11.5. The predicted octanol–water partition coefficient (Wildman–Crippen LogP) is 4.55. The van der Waals surface area contributed by atoms with Gasteiger partial charge in [0.15, 0.2) is 0 Å². The summed E-state index contributed by atoms with van der Waals surface area (Å²) in [7, 11) is 1.63. The van der Waals surface area contributed by atoms with E-state index in [9.17, 15) is 14.0 Å². The molecule has 1 saturated heterocycles. The first-order valence-corrected chi connectivity index (χ1v) is 11.5. The number of pyridine rings is 1. The zero-order chi connectivity index (χ0) is 23.9. The van der Waals surface area contributed by atoms with Crippen molar-refractivity contribution in [1.29, 1.82) is 0 Å². The number of carbonyl (C=O) groups is 2. The van der Waals surface area contributed by atoms with Gasteiger partial charge in [-0.1, -0.05) is 24.3 Å². The monoisotopic (exact) mass is 456 g/mol. The van der Waals surface area contributed by atoms with Crippen molar-refractivity contribution in [2.45, 2.75) is 31.2 Å². The summed E-state index contributed by atoms with van der Waals surface area (Å²) in [6, 6.07) is 12.1. The van der Waals surface area contributed by atoms with Gasteiger partial charge in [-0.05, 0) is 36.6 Å². The lowest BCUT2D eigenvalue weighted by Crippen LogP contribution is -2.42. The van der Waals surface area contributed by atoms with E-state index in [4.69, 9.17) is 6.57 Å². The van der Waals surface area contributed by atoms with Crippen molar-refractivity contribution in [1.82, 2.24) is 15.2 Å². The minimum atomic E-state index is -0.418. The highest BCUT2D eigenvalue weighted by molar-refractivity contribution is 6.08. The number of nitrogens with one attached hydrogen (secondary N) is 1. The smallest absolute Gasteiger partial charge is 0.258 e. The summed E-state index contributed by atoms with van der Waals surface area (Å²) in [6.45, 7) is 8.46. The third-order valence-corrected chi connectivity index (χ3v) is 7.11. The van der Waals surface area contributed by atoms with E-state index in [0.717, 1.165) is 24.0 Å². The van der Waals surface area contributed by atoms with Gasteiger partial charge in [-0.25, -0.2) is 11.0 Å². The Labute approximate surface area is 197 Å². The third-order valence-electron chi connectivity index (χ3n) is 7.11. The summed E-state index contributed by atoms with van der Waals surface area (Å²) in [5.41, 5.74) is 3.00. The molecule has 5 rings (SSSR count). The Morgan fingerprint density at radius 3 is 2.47 bits per heavy atom. The first-order chi connectivity index (χ1) is 16.5. The van der Waals surface area contributed by atoms with Crippen molar-refractivity contribution in [3.63, 3.8) is 0 Å². The van der Waals surface area contributed by atoms with Crippen LogP contribution < -0.4 is 5.32 Å². The summed E-state index contributed by atoms with van der Waals surface area (Å²) in [5.74, 6) is -0.660. The second kappa shape index (κ2) is 8.53. The van der Waals surface area contributed by atoms with Gasteiger partial charge in [-0.2, -0.15) is 0 Å². The molecule has 3 aromatic rings. The number of fused-ring (bicyclic) bond motifs is 1. The molecule has 0 radical (unpaired) electrons. The number of aromatic nitrogens is 1. The molecule has 0 spiro atoms. The van der Waals surface area contributed by atoms with Gasteiger partial charge < -0.3 is 15.1 Å². The number of amides is 2. The van der Waals surface area contributed by atoms with Crippen LogP contribution in [0.15, 0.2) is 48.7 Å². The Morgan fingerprint density at radius 2 is 1.85 bits per heavy atom. The number of nitrogens with zero attached hydrogens (tertiary/aromatic N) is 3. The molecule has 7 heteroatoms. The molecule has 1 saturated carbocycles. The molecule has 6 nitrogen and oxygen atoms in total. The van der Waals surface area contributed by atoms with Crippen molar-refractivity contribution in [2.24, 2.45) is 5.92 Å². The molecule has 2 amide bonds. The number of hydrogen-bond donors (Lipinski definition) is 1. The lowest BCUT2D eigenvalue weighted by atomic mass is 9.92. The molecule has 1 aliphatic carbocycles. The molecule has 172 valence electrons. The molecule has 1 N–H and O–H groups in total. The van der Waals surface area contributed by atoms with Crippen molar-refractivity contribution in [2.75, 3.05) is 20.1 Å². The summed E-state index contributed by atoms with van der Waals surface area (Å²) < 4.78 is 14.3. The van der Waals surface area contributed by atoms with Gasteiger partial charge in [0, 0.05) is 61.6 Å². The van der Waals surface area contributed by atoms with Gasteiger partial charge in [-0.3, -0.25) is 14.6 Å². The molecule has 0 unspecified atom stereocenters.